The van der Waals surface area contributed by atoms with Crippen molar-refractivity contribution in [2.75, 3.05) is 20.8 Å². The molecule has 96 valence electrons. The predicted molar refractivity (Wildman–Crippen MR) is 73.3 cm³/mol. The summed E-state index contributed by atoms with van der Waals surface area (Å²) in [6, 6.07) is 9.34. The average Bonchev–Trinajstić information content (AvgIpc) is 2.34. The quantitative estimate of drug-likeness (QED) is 0.783. The van der Waals surface area contributed by atoms with E-state index in [1.54, 1.807) is 7.11 Å². The van der Waals surface area contributed by atoms with Crippen molar-refractivity contribution in [1.82, 2.24) is 5.32 Å². The molecule has 1 N–H and O–H groups in total. The molecular formula is C15H25NO. The van der Waals surface area contributed by atoms with E-state index >= 15 is 0 Å². The van der Waals surface area contributed by atoms with Gasteiger partial charge in [-0.15, -0.1) is 0 Å². The lowest BCUT2D eigenvalue weighted by Gasteiger charge is -2.19. The standard InChI is InChI=1S/C15H25NO/c1-12(2)11-15(16-3)14-7-5-13(6-8-14)9-10-17-4/h5-8,12,15-16H,9-11H2,1-4H3. The fourth-order valence-corrected chi connectivity index (χ4v) is 2.03. The maximum atomic E-state index is 5.08. The van der Waals surface area contributed by atoms with E-state index in [1.165, 1.54) is 17.5 Å². The second kappa shape index (κ2) is 7.46. The Hall–Kier alpha value is -0.860. The third-order valence-electron chi connectivity index (χ3n) is 3.03. The van der Waals surface area contributed by atoms with Crippen LogP contribution in [0.25, 0.3) is 0 Å². The van der Waals surface area contributed by atoms with Gasteiger partial charge in [0.05, 0.1) is 6.61 Å². The topological polar surface area (TPSA) is 21.3 Å². The van der Waals surface area contributed by atoms with Crippen LogP contribution in [0.15, 0.2) is 24.3 Å². The molecule has 0 bridgehead atoms. The number of hydrogen-bond acceptors (Lipinski definition) is 2. The van der Waals surface area contributed by atoms with Gasteiger partial charge < -0.3 is 10.1 Å². The molecule has 1 unspecified atom stereocenters. The fourth-order valence-electron chi connectivity index (χ4n) is 2.03. The first kappa shape index (κ1) is 14.2. The van der Waals surface area contributed by atoms with Crippen molar-refractivity contribution in [1.29, 1.82) is 0 Å². The molecule has 0 heterocycles. The predicted octanol–water partition coefficient (Wildman–Crippen LogP) is 3.18. The normalized spacial score (nSPS) is 13.0. The van der Waals surface area contributed by atoms with Crippen LogP contribution in [-0.2, 0) is 11.2 Å². The molecular weight excluding hydrogens is 210 g/mol. The molecule has 0 aliphatic heterocycles. The van der Waals surface area contributed by atoms with Crippen LogP contribution >= 0.6 is 0 Å². The van der Waals surface area contributed by atoms with Gasteiger partial charge in [0.25, 0.3) is 0 Å². The lowest BCUT2D eigenvalue weighted by molar-refractivity contribution is 0.202. The first-order chi connectivity index (χ1) is 8.17. The van der Waals surface area contributed by atoms with Crippen LogP contribution < -0.4 is 5.32 Å². The first-order valence-corrected chi connectivity index (χ1v) is 6.42. The summed E-state index contributed by atoms with van der Waals surface area (Å²) in [6.45, 7) is 5.31. The largest absolute Gasteiger partial charge is 0.384 e. The molecule has 17 heavy (non-hydrogen) atoms. The van der Waals surface area contributed by atoms with Crippen LogP contribution in [0.2, 0.25) is 0 Å². The van der Waals surface area contributed by atoms with Crippen LogP contribution in [0.1, 0.15) is 37.4 Å². The minimum Gasteiger partial charge on any atom is -0.384 e. The average molecular weight is 235 g/mol. The molecule has 0 aromatic heterocycles. The molecule has 1 aromatic carbocycles. The fraction of sp³-hybridized carbons (Fsp3) is 0.600. The highest BCUT2D eigenvalue weighted by atomic mass is 16.5. The zero-order chi connectivity index (χ0) is 12.7. The molecule has 1 atom stereocenters. The van der Waals surface area contributed by atoms with Crippen LogP contribution in [-0.4, -0.2) is 20.8 Å². The Bertz CT molecular complexity index is 305. The lowest BCUT2D eigenvalue weighted by atomic mass is 9.96. The van der Waals surface area contributed by atoms with Crippen molar-refractivity contribution in [2.24, 2.45) is 5.92 Å². The van der Waals surface area contributed by atoms with E-state index in [4.69, 9.17) is 4.74 Å². The van der Waals surface area contributed by atoms with Gasteiger partial charge in [-0.1, -0.05) is 38.1 Å². The summed E-state index contributed by atoms with van der Waals surface area (Å²) in [7, 11) is 3.78. The molecule has 0 saturated carbocycles. The summed E-state index contributed by atoms with van der Waals surface area (Å²) >= 11 is 0. The highest BCUT2D eigenvalue weighted by Crippen LogP contribution is 2.21. The maximum Gasteiger partial charge on any atom is 0.0502 e. The smallest absolute Gasteiger partial charge is 0.0502 e. The minimum absolute atomic E-state index is 0.464. The Morgan fingerprint density at radius 2 is 1.82 bits per heavy atom. The van der Waals surface area contributed by atoms with E-state index in [0.717, 1.165) is 13.0 Å². The number of benzene rings is 1. The Balaban J connectivity index is 2.64. The Kier molecular flexibility index (Phi) is 6.23. The zero-order valence-electron chi connectivity index (χ0n) is 11.5. The molecule has 0 amide bonds. The van der Waals surface area contributed by atoms with E-state index < -0.39 is 0 Å². The van der Waals surface area contributed by atoms with Gasteiger partial charge in [-0.05, 0) is 36.9 Å². The molecule has 0 spiro atoms. The van der Waals surface area contributed by atoms with E-state index in [9.17, 15) is 0 Å². The van der Waals surface area contributed by atoms with Gasteiger partial charge in [-0.3, -0.25) is 0 Å². The summed E-state index contributed by atoms with van der Waals surface area (Å²) in [6.07, 6.45) is 2.17. The zero-order valence-corrected chi connectivity index (χ0v) is 11.5. The van der Waals surface area contributed by atoms with Crippen molar-refractivity contribution in [2.45, 2.75) is 32.7 Å². The summed E-state index contributed by atoms with van der Waals surface area (Å²) < 4.78 is 5.08. The van der Waals surface area contributed by atoms with Gasteiger partial charge in [-0.2, -0.15) is 0 Å². The maximum absolute atomic E-state index is 5.08. The highest BCUT2D eigenvalue weighted by molar-refractivity contribution is 5.25. The number of nitrogens with one attached hydrogen (secondary N) is 1. The summed E-state index contributed by atoms with van der Waals surface area (Å²) in [5.74, 6) is 0.709. The van der Waals surface area contributed by atoms with Gasteiger partial charge in [-0.25, -0.2) is 0 Å². The van der Waals surface area contributed by atoms with Crippen LogP contribution in [0.5, 0.6) is 0 Å². The molecule has 2 heteroatoms. The molecule has 0 saturated heterocycles. The summed E-state index contributed by atoms with van der Waals surface area (Å²) in [5.41, 5.74) is 2.72. The second-order valence-corrected chi connectivity index (χ2v) is 4.96. The SMILES string of the molecule is CNC(CC(C)C)c1ccc(CCOC)cc1. The summed E-state index contributed by atoms with van der Waals surface area (Å²) in [5, 5.41) is 3.39. The molecule has 0 aliphatic carbocycles. The Morgan fingerprint density at radius 3 is 2.29 bits per heavy atom. The van der Waals surface area contributed by atoms with Gasteiger partial charge >= 0.3 is 0 Å². The van der Waals surface area contributed by atoms with Crippen molar-refractivity contribution in [3.8, 4) is 0 Å². The number of hydrogen-bond donors (Lipinski definition) is 1. The molecule has 1 rings (SSSR count). The molecule has 0 radical (unpaired) electrons. The lowest BCUT2D eigenvalue weighted by Crippen LogP contribution is -2.18. The van der Waals surface area contributed by atoms with Crippen molar-refractivity contribution < 1.29 is 4.74 Å². The van der Waals surface area contributed by atoms with E-state index in [1.807, 2.05) is 7.05 Å². The Labute approximate surface area is 105 Å². The van der Waals surface area contributed by atoms with Crippen molar-refractivity contribution >= 4 is 0 Å². The van der Waals surface area contributed by atoms with E-state index in [-0.39, 0.29) is 0 Å². The van der Waals surface area contributed by atoms with Crippen LogP contribution in [0, 0.1) is 5.92 Å². The van der Waals surface area contributed by atoms with Crippen LogP contribution in [0.4, 0.5) is 0 Å². The van der Waals surface area contributed by atoms with E-state index in [2.05, 4.69) is 43.4 Å². The highest BCUT2D eigenvalue weighted by Gasteiger charge is 2.10. The number of rotatable bonds is 7. The van der Waals surface area contributed by atoms with E-state index in [0.29, 0.717) is 12.0 Å². The van der Waals surface area contributed by atoms with Gasteiger partial charge in [0.2, 0.25) is 0 Å². The molecule has 0 fully saturated rings. The molecule has 0 aliphatic rings. The minimum atomic E-state index is 0.464. The molecule has 1 aromatic rings. The Morgan fingerprint density at radius 1 is 1.18 bits per heavy atom. The van der Waals surface area contributed by atoms with Gasteiger partial charge in [0.15, 0.2) is 0 Å². The van der Waals surface area contributed by atoms with Gasteiger partial charge in [0.1, 0.15) is 0 Å². The second-order valence-electron chi connectivity index (χ2n) is 4.96. The third kappa shape index (κ3) is 4.88. The van der Waals surface area contributed by atoms with Crippen LogP contribution in [0.3, 0.4) is 0 Å². The third-order valence-corrected chi connectivity index (χ3v) is 3.03. The molecule has 2 nitrogen and oxygen atoms in total. The monoisotopic (exact) mass is 235 g/mol. The van der Waals surface area contributed by atoms with Gasteiger partial charge in [0, 0.05) is 13.2 Å². The van der Waals surface area contributed by atoms with Crippen molar-refractivity contribution in [3.63, 3.8) is 0 Å². The van der Waals surface area contributed by atoms with Crippen molar-refractivity contribution in [3.05, 3.63) is 35.4 Å². The number of ether oxygens (including phenoxy) is 1. The summed E-state index contributed by atoms with van der Waals surface area (Å²) in [4.78, 5) is 0. The number of methoxy groups -OCH3 is 1. The first-order valence-electron chi connectivity index (χ1n) is 6.42.